The molecule has 3 N–H and O–H groups in total. The van der Waals surface area contributed by atoms with Gasteiger partial charge in [0.15, 0.2) is 0 Å². The van der Waals surface area contributed by atoms with Gasteiger partial charge in [0.1, 0.15) is 5.52 Å². The number of hydrogen-bond acceptors (Lipinski definition) is 5. The summed E-state index contributed by atoms with van der Waals surface area (Å²) < 4.78 is 1.14. The van der Waals surface area contributed by atoms with Crippen molar-refractivity contribution in [2.75, 3.05) is 11.2 Å². The molecule has 0 aliphatic carbocycles. The topological polar surface area (TPSA) is 54.2 Å². The molecule has 2 aromatic rings. The van der Waals surface area contributed by atoms with E-state index in [-0.39, 0.29) is 0 Å². The zero-order valence-corrected chi connectivity index (χ0v) is 12.2. The van der Waals surface area contributed by atoms with Gasteiger partial charge in [-0.15, -0.1) is 11.3 Å². The summed E-state index contributed by atoms with van der Waals surface area (Å²) in [6.45, 7) is 4.53. The van der Waals surface area contributed by atoms with Crippen LogP contribution in [-0.4, -0.2) is 22.1 Å². The number of hydrazine groups is 1. The minimum Gasteiger partial charge on any atom is -0.395 e. The maximum absolute atomic E-state index is 6.23. The van der Waals surface area contributed by atoms with E-state index in [9.17, 15) is 0 Å². The second-order valence-corrected chi connectivity index (χ2v) is 6.26. The van der Waals surface area contributed by atoms with Gasteiger partial charge in [0.25, 0.3) is 0 Å². The Kier molecular flexibility index (Phi) is 3.33. The Bertz CT molecular complexity index is 570. The van der Waals surface area contributed by atoms with Gasteiger partial charge in [0.05, 0.1) is 21.6 Å². The molecule has 2 atom stereocenters. The molecular formula is C14H20N4S. The van der Waals surface area contributed by atoms with Crippen molar-refractivity contribution in [2.45, 2.75) is 45.2 Å². The highest BCUT2D eigenvalue weighted by Gasteiger charge is 2.25. The summed E-state index contributed by atoms with van der Waals surface area (Å²) in [5.41, 5.74) is 14.2. The molecule has 5 heteroatoms. The molecule has 1 saturated heterocycles. The fraction of sp³-hybridized carbons (Fsp3) is 0.500. The molecule has 102 valence electrons. The van der Waals surface area contributed by atoms with Crippen LogP contribution in [0.1, 0.15) is 33.1 Å². The van der Waals surface area contributed by atoms with Crippen molar-refractivity contribution >= 4 is 32.9 Å². The van der Waals surface area contributed by atoms with E-state index in [0.29, 0.717) is 12.1 Å². The van der Waals surface area contributed by atoms with Gasteiger partial charge < -0.3 is 11.2 Å². The van der Waals surface area contributed by atoms with E-state index in [1.807, 2.05) is 5.51 Å². The fourth-order valence-corrected chi connectivity index (χ4v) is 3.52. The Labute approximate surface area is 117 Å². The summed E-state index contributed by atoms with van der Waals surface area (Å²) in [5.74, 6) is 0. The smallest absolute Gasteiger partial charge is 0.106 e. The van der Waals surface area contributed by atoms with Gasteiger partial charge in [0, 0.05) is 12.1 Å². The van der Waals surface area contributed by atoms with Crippen molar-refractivity contribution in [1.29, 1.82) is 0 Å². The number of hydrogen-bond donors (Lipinski definition) is 2. The third-order valence-corrected chi connectivity index (χ3v) is 4.78. The van der Waals surface area contributed by atoms with E-state index < -0.39 is 0 Å². The van der Waals surface area contributed by atoms with Crippen LogP contribution in [0.5, 0.6) is 0 Å². The quantitative estimate of drug-likeness (QED) is 0.825. The van der Waals surface area contributed by atoms with Crippen molar-refractivity contribution < 1.29 is 0 Å². The van der Waals surface area contributed by atoms with Crippen LogP contribution in [0.2, 0.25) is 0 Å². The first-order chi connectivity index (χ1) is 9.16. The van der Waals surface area contributed by atoms with Gasteiger partial charge in [-0.05, 0) is 38.8 Å². The largest absolute Gasteiger partial charge is 0.395 e. The first-order valence-electron chi connectivity index (χ1n) is 6.83. The molecule has 1 aromatic carbocycles. The monoisotopic (exact) mass is 276 g/mol. The third-order valence-electron chi connectivity index (χ3n) is 3.98. The SMILES string of the molecule is CC1CCCC(C)N1Nc1ccc2scnc2c1N. The second kappa shape index (κ2) is 4.98. The molecule has 1 aromatic heterocycles. The van der Waals surface area contributed by atoms with Crippen LogP contribution in [0, 0.1) is 0 Å². The average Bonchev–Trinajstić information content (AvgIpc) is 2.85. The van der Waals surface area contributed by atoms with Crippen LogP contribution >= 0.6 is 11.3 Å². The summed E-state index contributed by atoms with van der Waals surface area (Å²) in [4.78, 5) is 4.35. The van der Waals surface area contributed by atoms with Crippen LogP contribution in [0.15, 0.2) is 17.6 Å². The number of nitrogens with one attached hydrogen (secondary N) is 1. The van der Waals surface area contributed by atoms with Gasteiger partial charge in [-0.1, -0.05) is 6.42 Å². The van der Waals surface area contributed by atoms with Gasteiger partial charge in [-0.25, -0.2) is 9.99 Å². The van der Waals surface area contributed by atoms with E-state index >= 15 is 0 Å². The molecule has 0 amide bonds. The Morgan fingerprint density at radius 3 is 2.79 bits per heavy atom. The van der Waals surface area contributed by atoms with Crippen molar-refractivity contribution in [1.82, 2.24) is 9.99 Å². The van der Waals surface area contributed by atoms with E-state index in [1.54, 1.807) is 11.3 Å². The van der Waals surface area contributed by atoms with E-state index in [1.165, 1.54) is 19.3 Å². The zero-order valence-electron chi connectivity index (χ0n) is 11.4. The number of nitrogens with two attached hydrogens (primary N) is 1. The maximum atomic E-state index is 6.23. The Hall–Kier alpha value is -1.33. The summed E-state index contributed by atoms with van der Waals surface area (Å²) in [6, 6.07) is 5.22. The standard InChI is InChI=1S/C14H20N4S/c1-9-4-3-5-10(2)18(9)17-11-6-7-12-14(13(11)15)16-8-19-12/h6-10,17H,3-5,15H2,1-2H3. The number of aromatic nitrogens is 1. The van der Waals surface area contributed by atoms with Crippen LogP contribution < -0.4 is 11.2 Å². The molecule has 0 radical (unpaired) electrons. The molecule has 0 spiro atoms. The summed E-state index contributed by atoms with van der Waals surface area (Å²) in [7, 11) is 0. The highest BCUT2D eigenvalue weighted by atomic mass is 32.1. The molecular weight excluding hydrogens is 256 g/mol. The average molecular weight is 276 g/mol. The van der Waals surface area contributed by atoms with Crippen LogP contribution in [-0.2, 0) is 0 Å². The fourth-order valence-electron chi connectivity index (χ4n) is 2.83. The lowest BCUT2D eigenvalue weighted by molar-refractivity contribution is 0.136. The minimum atomic E-state index is 0.536. The van der Waals surface area contributed by atoms with Gasteiger partial charge >= 0.3 is 0 Å². The van der Waals surface area contributed by atoms with E-state index in [4.69, 9.17) is 5.73 Å². The lowest BCUT2D eigenvalue weighted by Crippen LogP contribution is -2.47. The van der Waals surface area contributed by atoms with Crippen LogP contribution in [0.4, 0.5) is 11.4 Å². The number of fused-ring (bicyclic) bond motifs is 1. The lowest BCUT2D eigenvalue weighted by atomic mass is 10.00. The summed E-state index contributed by atoms with van der Waals surface area (Å²) >= 11 is 1.62. The lowest BCUT2D eigenvalue weighted by Gasteiger charge is -2.39. The molecule has 3 rings (SSSR count). The van der Waals surface area contributed by atoms with Gasteiger partial charge in [-0.3, -0.25) is 0 Å². The van der Waals surface area contributed by atoms with Crippen molar-refractivity contribution in [3.8, 4) is 0 Å². The van der Waals surface area contributed by atoms with Gasteiger partial charge in [0.2, 0.25) is 0 Å². The molecule has 2 unspecified atom stereocenters. The first-order valence-corrected chi connectivity index (χ1v) is 7.71. The normalized spacial score (nSPS) is 24.7. The summed E-state index contributed by atoms with van der Waals surface area (Å²) in [6.07, 6.45) is 3.77. The summed E-state index contributed by atoms with van der Waals surface area (Å²) in [5, 5.41) is 2.33. The Morgan fingerprint density at radius 2 is 2.05 bits per heavy atom. The zero-order chi connectivity index (χ0) is 13.4. The highest BCUT2D eigenvalue weighted by molar-refractivity contribution is 7.16. The minimum absolute atomic E-state index is 0.536. The number of nitrogens with zero attached hydrogens (tertiary/aromatic N) is 2. The highest BCUT2D eigenvalue weighted by Crippen LogP contribution is 2.32. The number of nitrogen functional groups attached to an aromatic ring is 1. The number of piperidine rings is 1. The van der Waals surface area contributed by atoms with E-state index in [2.05, 4.69) is 41.4 Å². The molecule has 4 nitrogen and oxygen atoms in total. The van der Waals surface area contributed by atoms with Crippen molar-refractivity contribution in [2.24, 2.45) is 0 Å². The Balaban J connectivity index is 1.89. The molecule has 1 aliphatic rings. The van der Waals surface area contributed by atoms with Crippen molar-refractivity contribution in [3.05, 3.63) is 17.6 Å². The molecule has 1 aliphatic heterocycles. The number of benzene rings is 1. The Morgan fingerprint density at radius 1 is 1.32 bits per heavy atom. The van der Waals surface area contributed by atoms with Crippen LogP contribution in [0.3, 0.4) is 0 Å². The van der Waals surface area contributed by atoms with Crippen LogP contribution in [0.25, 0.3) is 10.2 Å². The predicted octanol–water partition coefficient (Wildman–Crippen LogP) is 3.47. The third kappa shape index (κ3) is 2.28. The molecule has 0 saturated carbocycles. The number of anilines is 2. The maximum Gasteiger partial charge on any atom is 0.106 e. The predicted molar refractivity (Wildman–Crippen MR) is 82.3 cm³/mol. The number of rotatable bonds is 2. The number of thiazole rings is 1. The van der Waals surface area contributed by atoms with E-state index in [0.717, 1.165) is 21.6 Å². The molecule has 1 fully saturated rings. The molecule has 19 heavy (non-hydrogen) atoms. The molecule has 2 heterocycles. The first kappa shape index (κ1) is 12.7. The second-order valence-electron chi connectivity index (χ2n) is 5.37. The molecule has 0 bridgehead atoms. The van der Waals surface area contributed by atoms with Crippen molar-refractivity contribution in [3.63, 3.8) is 0 Å². The van der Waals surface area contributed by atoms with Gasteiger partial charge in [-0.2, -0.15) is 0 Å².